The Kier molecular flexibility index (Phi) is 6.55. The second-order valence-corrected chi connectivity index (χ2v) is 8.20. The summed E-state index contributed by atoms with van der Waals surface area (Å²) in [7, 11) is 0. The van der Waals surface area contributed by atoms with Crippen LogP contribution in [-0.2, 0) is 17.5 Å². The van der Waals surface area contributed by atoms with E-state index in [1.165, 1.54) is 30.2 Å². The average Bonchev–Trinajstić information content (AvgIpc) is 2.81. The molecule has 168 valence electrons. The molecule has 2 heterocycles. The van der Waals surface area contributed by atoms with Crippen LogP contribution in [0, 0.1) is 6.92 Å². The highest BCUT2D eigenvalue weighted by Crippen LogP contribution is 2.29. The maximum absolute atomic E-state index is 12.8. The van der Waals surface area contributed by atoms with Gasteiger partial charge in [-0.15, -0.1) is 0 Å². The van der Waals surface area contributed by atoms with Crippen LogP contribution in [0.15, 0.2) is 66.1 Å². The monoisotopic (exact) mass is 469 g/mol. The van der Waals surface area contributed by atoms with Crippen LogP contribution in [0.2, 0.25) is 0 Å². The minimum atomic E-state index is -4.43. The molecule has 0 saturated carbocycles. The van der Waals surface area contributed by atoms with Gasteiger partial charge in [-0.05, 0) is 24.6 Å². The first-order valence-corrected chi connectivity index (χ1v) is 10.9. The Bertz CT molecular complexity index is 1300. The van der Waals surface area contributed by atoms with E-state index in [2.05, 4.69) is 25.3 Å². The topological polar surface area (TPSA) is 80.7 Å². The van der Waals surface area contributed by atoms with Crippen molar-refractivity contribution in [3.63, 3.8) is 0 Å². The van der Waals surface area contributed by atoms with Crippen molar-refractivity contribution in [1.82, 2.24) is 25.3 Å². The van der Waals surface area contributed by atoms with E-state index in [1.54, 1.807) is 6.20 Å². The first-order valence-electron chi connectivity index (χ1n) is 9.90. The second kappa shape index (κ2) is 9.53. The Hall–Kier alpha value is -3.53. The van der Waals surface area contributed by atoms with Crippen LogP contribution in [0.5, 0.6) is 0 Å². The molecule has 1 N–H and O–H groups in total. The Morgan fingerprint density at radius 1 is 1.06 bits per heavy atom. The van der Waals surface area contributed by atoms with E-state index in [0.717, 1.165) is 23.3 Å². The smallest absolute Gasteiger partial charge is 0.351 e. The highest BCUT2D eigenvalue weighted by Gasteiger charge is 2.30. The van der Waals surface area contributed by atoms with Crippen molar-refractivity contribution in [1.29, 1.82) is 0 Å². The molecule has 0 aliphatic heterocycles. The number of fused-ring (bicyclic) bond motifs is 1. The summed E-state index contributed by atoms with van der Waals surface area (Å²) in [6.07, 6.45) is -1.43. The predicted octanol–water partition coefficient (Wildman–Crippen LogP) is 4.82. The van der Waals surface area contributed by atoms with Gasteiger partial charge in [-0.3, -0.25) is 4.79 Å². The minimum Gasteiger partial charge on any atom is -0.351 e. The molecule has 2 aromatic carbocycles. The minimum absolute atomic E-state index is 0.00312. The van der Waals surface area contributed by atoms with Crippen molar-refractivity contribution in [3.8, 4) is 11.4 Å². The molecule has 6 nitrogen and oxygen atoms in total. The summed E-state index contributed by atoms with van der Waals surface area (Å²) < 4.78 is 38.5. The maximum Gasteiger partial charge on any atom is 0.416 e. The lowest BCUT2D eigenvalue weighted by molar-refractivity contribution is -0.137. The predicted molar refractivity (Wildman–Crippen MR) is 119 cm³/mol. The van der Waals surface area contributed by atoms with E-state index < -0.39 is 11.7 Å². The molecule has 0 bridgehead atoms. The lowest BCUT2D eigenvalue weighted by atomic mass is 10.1. The SMILES string of the molecule is Cc1ccc(-c2ncc3c(SCC(=O)NCc4cccc(C(F)(F)F)c4)ncnc3n2)cc1. The molecule has 0 aliphatic rings. The number of benzene rings is 2. The van der Waals surface area contributed by atoms with Crippen LogP contribution in [0.3, 0.4) is 0 Å². The number of aryl methyl sites for hydroxylation is 1. The number of amides is 1. The van der Waals surface area contributed by atoms with Crippen molar-refractivity contribution < 1.29 is 18.0 Å². The normalized spacial score (nSPS) is 11.5. The lowest BCUT2D eigenvalue weighted by Crippen LogP contribution is -2.24. The standard InChI is InChI=1S/C23H18F3N5OS/c1-14-5-7-16(8-6-14)20-28-11-18-21(31-20)29-13-30-22(18)33-12-19(32)27-10-15-3-2-4-17(9-15)23(24,25)26/h2-9,11,13H,10,12H2,1H3,(H,27,32). The number of thioether (sulfide) groups is 1. The molecule has 0 aliphatic carbocycles. The quantitative estimate of drug-likeness (QED) is 0.322. The third-order valence-electron chi connectivity index (χ3n) is 4.75. The molecule has 10 heteroatoms. The summed E-state index contributed by atoms with van der Waals surface area (Å²) in [5, 5.41) is 3.79. The van der Waals surface area contributed by atoms with Gasteiger partial charge in [0.05, 0.1) is 16.7 Å². The second-order valence-electron chi connectivity index (χ2n) is 7.24. The highest BCUT2D eigenvalue weighted by molar-refractivity contribution is 8.00. The number of nitrogens with zero attached hydrogens (tertiary/aromatic N) is 4. The largest absolute Gasteiger partial charge is 0.416 e. The molecule has 0 radical (unpaired) electrons. The molecule has 0 spiro atoms. The van der Waals surface area contributed by atoms with Gasteiger partial charge in [0, 0.05) is 18.3 Å². The van der Waals surface area contributed by atoms with Crippen LogP contribution in [0.1, 0.15) is 16.7 Å². The number of hydrogen-bond acceptors (Lipinski definition) is 6. The van der Waals surface area contributed by atoms with Crippen LogP contribution < -0.4 is 5.32 Å². The molecule has 0 fully saturated rings. The number of alkyl halides is 3. The van der Waals surface area contributed by atoms with E-state index in [1.807, 2.05) is 31.2 Å². The summed E-state index contributed by atoms with van der Waals surface area (Å²) in [5.74, 6) is 0.238. The molecule has 4 rings (SSSR count). The zero-order valence-electron chi connectivity index (χ0n) is 17.4. The van der Waals surface area contributed by atoms with Crippen molar-refractivity contribution in [2.45, 2.75) is 24.7 Å². The van der Waals surface area contributed by atoms with Crippen LogP contribution in [0.4, 0.5) is 13.2 Å². The molecule has 33 heavy (non-hydrogen) atoms. The van der Waals surface area contributed by atoms with Gasteiger partial charge in [0.1, 0.15) is 11.4 Å². The van der Waals surface area contributed by atoms with E-state index in [0.29, 0.717) is 27.4 Å². The fourth-order valence-electron chi connectivity index (χ4n) is 3.03. The zero-order chi connectivity index (χ0) is 23.4. The van der Waals surface area contributed by atoms with Gasteiger partial charge < -0.3 is 5.32 Å². The third kappa shape index (κ3) is 5.64. The average molecular weight is 469 g/mol. The Labute approximate surface area is 191 Å². The molecule has 4 aromatic rings. The molecule has 0 unspecified atom stereocenters. The summed E-state index contributed by atoms with van der Waals surface area (Å²) in [4.78, 5) is 29.6. The lowest BCUT2D eigenvalue weighted by Gasteiger charge is -2.10. The number of carbonyl (C=O) groups excluding carboxylic acids is 1. The fourth-order valence-corrected chi connectivity index (χ4v) is 3.82. The number of rotatable bonds is 6. The molecule has 1 amide bonds. The first-order chi connectivity index (χ1) is 15.8. The molecule has 2 aromatic heterocycles. The summed E-state index contributed by atoms with van der Waals surface area (Å²) in [5.41, 5.74) is 2.08. The van der Waals surface area contributed by atoms with Crippen molar-refractivity contribution in [2.75, 3.05) is 5.75 Å². The molecule has 0 atom stereocenters. The van der Waals surface area contributed by atoms with Crippen LogP contribution >= 0.6 is 11.8 Å². The van der Waals surface area contributed by atoms with E-state index in [-0.39, 0.29) is 18.2 Å². The van der Waals surface area contributed by atoms with Crippen molar-refractivity contribution in [2.24, 2.45) is 0 Å². The van der Waals surface area contributed by atoms with Gasteiger partial charge in [-0.1, -0.05) is 53.7 Å². The number of nitrogens with one attached hydrogen (secondary N) is 1. The molecular weight excluding hydrogens is 451 g/mol. The zero-order valence-corrected chi connectivity index (χ0v) is 18.2. The Morgan fingerprint density at radius 3 is 2.61 bits per heavy atom. The summed E-state index contributed by atoms with van der Waals surface area (Å²) >= 11 is 1.18. The van der Waals surface area contributed by atoms with Crippen LogP contribution in [-0.4, -0.2) is 31.6 Å². The molecular formula is C23H18F3N5OS. The number of hydrogen-bond donors (Lipinski definition) is 1. The van der Waals surface area contributed by atoms with Crippen LogP contribution in [0.25, 0.3) is 22.4 Å². The number of aromatic nitrogens is 4. The van der Waals surface area contributed by atoms with Gasteiger partial charge >= 0.3 is 6.18 Å². The van der Waals surface area contributed by atoms with Gasteiger partial charge in [0.25, 0.3) is 0 Å². The molecule has 0 saturated heterocycles. The number of carbonyl (C=O) groups is 1. The highest BCUT2D eigenvalue weighted by atomic mass is 32.2. The van der Waals surface area contributed by atoms with Gasteiger partial charge in [-0.25, -0.2) is 19.9 Å². The van der Waals surface area contributed by atoms with E-state index in [9.17, 15) is 18.0 Å². The van der Waals surface area contributed by atoms with Crippen molar-refractivity contribution >= 4 is 28.7 Å². The summed E-state index contributed by atoms with van der Waals surface area (Å²) in [6, 6.07) is 12.7. The van der Waals surface area contributed by atoms with Gasteiger partial charge in [0.2, 0.25) is 5.91 Å². The fraction of sp³-hybridized carbons (Fsp3) is 0.174. The summed E-state index contributed by atoms with van der Waals surface area (Å²) in [6.45, 7) is 1.99. The Balaban J connectivity index is 1.41. The van der Waals surface area contributed by atoms with Gasteiger partial charge in [0.15, 0.2) is 11.5 Å². The van der Waals surface area contributed by atoms with Crippen molar-refractivity contribution in [3.05, 3.63) is 77.7 Å². The third-order valence-corrected chi connectivity index (χ3v) is 5.75. The van der Waals surface area contributed by atoms with E-state index >= 15 is 0 Å². The Morgan fingerprint density at radius 2 is 1.85 bits per heavy atom. The maximum atomic E-state index is 12.8. The van der Waals surface area contributed by atoms with E-state index in [4.69, 9.17) is 0 Å². The number of halogens is 3. The van der Waals surface area contributed by atoms with Gasteiger partial charge in [-0.2, -0.15) is 13.2 Å². The first kappa shape index (κ1) is 22.7.